The highest BCUT2D eigenvalue weighted by atomic mass is 35.5. The first-order chi connectivity index (χ1) is 15.8. The number of fused-ring (bicyclic) bond motifs is 1. The lowest BCUT2D eigenvalue weighted by Gasteiger charge is -2.10. The Balaban J connectivity index is 1.43. The van der Waals surface area contributed by atoms with Gasteiger partial charge in [0.15, 0.2) is 10.7 Å². The van der Waals surface area contributed by atoms with E-state index in [1.807, 2.05) is 30.3 Å². The fourth-order valence-electron chi connectivity index (χ4n) is 3.28. The molecule has 2 N–H and O–H groups in total. The van der Waals surface area contributed by atoms with Crippen LogP contribution in [0.25, 0.3) is 22.6 Å². The number of nitrogens with zero attached hydrogens (tertiary/aromatic N) is 1. The number of benzene rings is 3. The Hall–Kier alpha value is -2.93. The van der Waals surface area contributed by atoms with Gasteiger partial charge in [0.05, 0.1) is 10.0 Å². The summed E-state index contributed by atoms with van der Waals surface area (Å²) < 4.78 is 5.93. The quantitative estimate of drug-likeness (QED) is 0.280. The van der Waals surface area contributed by atoms with Crippen LogP contribution in [0.5, 0.6) is 0 Å². The van der Waals surface area contributed by atoms with Crippen LogP contribution in [0, 0.1) is 0 Å². The number of rotatable bonds is 5. The van der Waals surface area contributed by atoms with Crippen LogP contribution >= 0.6 is 35.4 Å². The van der Waals surface area contributed by atoms with Gasteiger partial charge in [-0.25, -0.2) is 4.98 Å². The Morgan fingerprint density at radius 2 is 1.82 bits per heavy atom. The van der Waals surface area contributed by atoms with Crippen molar-refractivity contribution in [1.29, 1.82) is 0 Å². The molecule has 0 saturated heterocycles. The van der Waals surface area contributed by atoms with Crippen LogP contribution in [0.15, 0.2) is 65.1 Å². The minimum Gasteiger partial charge on any atom is -0.436 e. The third-order valence-corrected chi connectivity index (χ3v) is 6.33. The number of amides is 1. The summed E-state index contributed by atoms with van der Waals surface area (Å²) in [4.78, 5) is 17.0. The maximum absolute atomic E-state index is 12.4. The Morgan fingerprint density at radius 3 is 2.52 bits per heavy atom. The molecule has 1 aromatic heterocycles. The van der Waals surface area contributed by atoms with Crippen LogP contribution in [0.1, 0.15) is 42.1 Å². The number of hydrogen-bond donors (Lipinski definition) is 2. The fraction of sp³-hybridized carbons (Fsp3) is 0.160. The second-order valence-corrected chi connectivity index (χ2v) is 8.89. The highest BCUT2D eigenvalue weighted by molar-refractivity contribution is 7.80. The number of carbonyl (C=O) groups is 1. The molecule has 0 saturated carbocycles. The zero-order valence-corrected chi connectivity index (χ0v) is 20.3. The summed E-state index contributed by atoms with van der Waals surface area (Å²) in [5.74, 6) is 0.639. The summed E-state index contributed by atoms with van der Waals surface area (Å²) in [5, 5.41) is 6.46. The van der Waals surface area contributed by atoms with Crippen LogP contribution in [0.3, 0.4) is 0 Å². The fourth-order valence-corrected chi connectivity index (χ4v) is 3.79. The monoisotopic (exact) mass is 497 g/mol. The predicted octanol–water partition coefficient (Wildman–Crippen LogP) is 7.44. The topological polar surface area (TPSA) is 67.2 Å². The van der Waals surface area contributed by atoms with E-state index in [9.17, 15) is 4.79 Å². The molecule has 33 heavy (non-hydrogen) atoms. The van der Waals surface area contributed by atoms with E-state index in [4.69, 9.17) is 39.8 Å². The summed E-state index contributed by atoms with van der Waals surface area (Å²) in [7, 11) is 0. The SMILES string of the molecule is CC[C@@H](C)c1ccc2oc(-c3ccc(NC(=S)NC(=O)c4ccc(Cl)c(Cl)c4)cc3)nc2c1. The number of thiocarbonyl (C=S) groups is 1. The third-order valence-electron chi connectivity index (χ3n) is 5.39. The largest absolute Gasteiger partial charge is 0.436 e. The minimum atomic E-state index is -0.383. The summed E-state index contributed by atoms with van der Waals surface area (Å²) in [6.45, 7) is 4.37. The summed E-state index contributed by atoms with van der Waals surface area (Å²) in [5.41, 5.74) is 4.76. The van der Waals surface area contributed by atoms with Crippen LogP contribution < -0.4 is 10.6 Å². The molecule has 0 unspecified atom stereocenters. The molecule has 0 radical (unpaired) electrons. The van der Waals surface area contributed by atoms with Crippen molar-refractivity contribution in [3.05, 3.63) is 81.8 Å². The molecule has 8 heteroatoms. The standard InChI is InChI=1S/C25H21Cl2N3O2S/c1-3-14(2)16-7-11-22-21(13-16)29-24(32-22)15-4-8-18(9-5-15)28-25(33)30-23(31)17-6-10-19(26)20(27)12-17/h4-14H,3H2,1-2H3,(H2,28,30,31,33)/t14-/m1/s1. The molecule has 3 aromatic carbocycles. The molecule has 5 nitrogen and oxygen atoms in total. The third kappa shape index (κ3) is 5.36. The maximum atomic E-state index is 12.4. The number of hydrogen-bond acceptors (Lipinski definition) is 4. The first kappa shape index (κ1) is 23.2. The molecular weight excluding hydrogens is 477 g/mol. The Labute approximate surface area is 207 Å². The highest BCUT2D eigenvalue weighted by Crippen LogP contribution is 2.28. The molecule has 1 heterocycles. The molecule has 0 fully saturated rings. The zero-order chi connectivity index (χ0) is 23.5. The molecular formula is C25H21Cl2N3O2S. The number of oxazole rings is 1. The molecule has 168 valence electrons. The van der Waals surface area contributed by atoms with E-state index in [2.05, 4.69) is 41.6 Å². The van der Waals surface area contributed by atoms with Crippen LogP contribution in [0.2, 0.25) is 10.0 Å². The maximum Gasteiger partial charge on any atom is 0.257 e. The number of anilines is 1. The van der Waals surface area contributed by atoms with Gasteiger partial charge in [0, 0.05) is 16.8 Å². The van der Waals surface area contributed by atoms with Gasteiger partial charge in [0.2, 0.25) is 5.89 Å². The van der Waals surface area contributed by atoms with E-state index in [1.165, 1.54) is 11.6 Å². The number of nitrogens with one attached hydrogen (secondary N) is 2. The molecule has 0 spiro atoms. The average Bonchev–Trinajstić information content (AvgIpc) is 3.24. The lowest BCUT2D eigenvalue weighted by molar-refractivity contribution is 0.0977. The van der Waals surface area contributed by atoms with Gasteiger partial charge in [-0.3, -0.25) is 10.1 Å². The second kappa shape index (κ2) is 9.91. The lowest BCUT2D eigenvalue weighted by Crippen LogP contribution is -2.34. The van der Waals surface area contributed by atoms with Gasteiger partial charge in [0.25, 0.3) is 5.91 Å². The molecule has 1 amide bonds. The van der Waals surface area contributed by atoms with E-state index in [-0.39, 0.29) is 11.0 Å². The van der Waals surface area contributed by atoms with Crippen molar-refractivity contribution in [3.63, 3.8) is 0 Å². The molecule has 1 atom stereocenters. The van der Waals surface area contributed by atoms with Gasteiger partial charge in [-0.2, -0.15) is 0 Å². The van der Waals surface area contributed by atoms with Crippen LogP contribution in [-0.2, 0) is 0 Å². The van der Waals surface area contributed by atoms with Crippen LogP contribution in [0.4, 0.5) is 5.69 Å². The van der Waals surface area contributed by atoms with Gasteiger partial charge in [0.1, 0.15) is 5.52 Å². The van der Waals surface area contributed by atoms with Gasteiger partial charge < -0.3 is 9.73 Å². The van der Waals surface area contributed by atoms with Gasteiger partial charge in [-0.1, -0.05) is 43.1 Å². The first-order valence-electron chi connectivity index (χ1n) is 10.4. The summed E-state index contributed by atoms with van der Waals surface area (Å²) >= 11 is 17.1. The average molecular weight is 498 g/mol. The Kier molecular flexibility index (Phi) is 6.98. The van der Waals surface area contributed by atoms with Crippen molar-refractivity contribution in [3.8, 4) is 11.5 Å². The molecule has 4 aromatic rings. The van der Waals surface area contributed by atoms with Crippen molar-refractivity contribution in [1.82, 2.24) is 10.3 Å². The normalized spacial score (nSPS) is 11.9. The second-order valence-electron chi connectivity index (χ2n) is 7.67. The first-order valence-corrected chi connectivity index (χ1v) is 11.6. The van der Waals surface area contributed by atoms with E-state index in [1.54, 1.807) is 12.1 Å². The van der Waals surface area contributed by atoms with Crippen molar-refractivity contribution >= 4 is 63.2 Å². The minimum absolute atomic E-state index is 0.165. The van der Waals surface area contributed by atoms with Crippen molar-refractivity contribution in [2.45, 2.75) is 26.2 Å². The van der Waals surface area contributed by atoms with Gasteiger partial charge >= 0.3 is 0 Å². The van der Waals surface area contributed by atoms with E-state index in [0.717, 1.165) is 23.1 Å². The van der Waals surface area contributed by atoms with Crippen molar-refractivity contribution < 1.29 is 9.21 Å². The molecule has 0 aliphatic heterocycles. The smallest absolute Gasteiger partial charge is 0.257 e. The number of carbonyl (C=O) groups excluding carboxylic acids is 1. The summed E-state index contributed by atoms with van der Waals surface area (Å²) in [6.07, 6.45) is 1.07. The number of halogens is 2. The van der Waals surface area contributed by atoms with Crippen molar-refractivity contribution in [2.75, 3.05) is 5.32 Å². The van der Waals surface area contributed by atoms with E-state index in [0.29, 0.717) is 33.1 Å². The zero-order valence-electron chi connectivity index (χ0n) is 18.0. The predicted molar refractivity (Wildman–Crippen MR) is 138 cm³/mol. The van der Waals surface area contributed by atoms with Crippen LogP contribution in [-0.4, -0.2) is 16.0 Å². The molecule has 0 aliphatic rings. The van der Waals surface area contributed by atoms with E-state index < -0.39 is 0 Å². The van der Waals surface area contributed by atoms with Gasteiger partial charge in [-0.15, -0.1) is 0 Å². The highest BCUT2D eigenvalue weighted by Gasteiger charge is 2.12. The summed E-state index contributed by atoms with van der Waals surface area (Å²) in [6, 6.07) is 18.2. The lowest BCUT2D eigenvalue weighted by atomic mass is 9.98. The van der Waals surface area contributed by atoms with Gasteiger partial charge in [-0.05, 0) is 84.7 Å². The number of aromatic nitrogens is 1. The Bertz CT molecular complexity index is 1340. The molecule has 0 bridgehead atoms. The van der Waals surface area contributed by atoms with E-state index >= 15 is 0 Å². The molecule has 0 aliphatic carbocycles. The van der Waals surface area contributed by atoms with Crippen molar-refractivity contribution in [2.24, 2.45) is 0 Å². The molecule has 4 rings (SSSR count). The Morgan fingerprint density at radius 1 is 1.06 bits per heavy atom.